The lowest BCUT2D eigenvalue weighted by Crippen LogP contribution is -2.38. The first-order valence-electron chi connectivity index (χ1n) is 9.27. The quantitative estimate of drug-likeness (QED) is 0.709. The van der Waals surface area contributed by atoms with Gasteiger partial charge in [0, 0.05) is 43.0 Å². The molecule has 0 radical (unpaired) electrons. The summed E-state index contributed by atoms with van der Waals surface area (Å²) in [4.78, 5) is 18.9. The first kappa shape index (κ1) is 19.5. The molecule has 2 heterocycles. The van der Waals surface area contributed by atoms with E-state index in [1.807, 2.05) is 12.1 Å². The molecule has 0 bridgehead atoms. The van der Waals surface area contributed by atoms with Crippen molar-refractivity contribution < 1.29 is 9.90 Å². The largest absolute Gasteiger partial charge is 0.387 e. The monoisotopic (exact) mass is 388 g/mol. The number of benzene rings is 1. The molecule has 1 aliphatic rings. The Labute approximate surface area is 164 Å². The van der Waals surface area contributed by atoms with Crippen LogP contribution < -0.4 is 15.5 Å². The summed E-state index contributed by atoms with van der Waals surface area (Å²) in [7, 11) is 0. The Morgan fingerprint density at radius 3 is 2.63 bits per heavy atom. The molecule has 3 rings (SSSR count). The van der Waals surface area contributed by atoms with Crippen molar-refractivity contribution in [2.45, 2.75) is 31.9 Å². The number of aliphatic hydroxyl groups is 1. The van der Waals surface area contributed by atoms with Gasteiger partial charge < -0.3 is 20.6 Å². The van der Waals surface area contributed by atoms with Crippen LogP contribution in [0.15, 0.2) is 42.6 Å². The van der Waals surface area contributed by atoms with Crippen molar-refractivity contribution >= 4 is 23.4 Å². The van der Waals surface area contributed by atoms with Crippen LogP contribution in [-0.4, -0.2) is 35.8 Å². The molecule has 1 aromatic carbocycles. The molecule has 1 fully saturated rings. The van der Waals surface area contributed by atoms with Crippen LogP contribution in [0.1, 0.15) is 36.5 Å². The lowest BCUT2D eigenvalue weighted by molar-refractivity contribution is 0.173. The summed E-state index contributed by atoms with van der Waals surface area (Å²) in [6.07, 6.45) is 4.61. The number of amides is 2. The van der Waals surface area contributed by atoms with Gasteiger partial charge in [-0.25, -0.2) is 9.78 Å². The summed E-state index contributed by atoms with van der Waals surface area (Å²) in [5, 5.41) is 16.3. The van der Waals surface area contributed by atoms with Gasteiger partial charge in [0.25, 0.3) is 0 Å². The van der Waals surface area contributed by atoms with Crippen LogP contribution in [0.4, 0.5) is 10.6 Å². The number of anilines is 1. The van der Waals surface area contributed by atoms with Crippen molar-refractivity contribution in [3.05, 3.63) is 58.7 Å². The second kappa shape index (κ2) is 9.58. The average molecular weight is 389 g/mol. The fourth-order valence-electron chi connectivity index (χ4n) is 3.19. The smallest absolute Gasteiger partial charge is 0.315 e. The molecule has 2 aromatic rings. The highest BCUT2D eigenvalue weighted by molar-refractivity contribution is 6.30. The second-order valence-electron chi connectivity index (χ2n) is 6.66. The highest BCUT2D eigenvalue weighted by Gasteiger charge is 2.16. The lowest BCUT2D eigenvalue weighted by atomic mass is 10.1. The minimum Gasteiger partial charge on any atom is -0.387 e. The van der Waals surface area contributed by atoms with Crippen LogP contribution in [0, 0.1) is 0 Å². The Morgan fingerprint density at radius 1 is 1.15 bits per heavy atom. The van der Waals surface area contributed by atoms with Gasteiger partial charge in [-0.3, -0.25) is 0 Å². The average Bonchev–Trinajstić information content (AvgIpc) is 2.72. The first-order chi connectivity index (χ1) is 13.1. The van der Waals surface area contributed by atoms with Crippen molar-refractivity contribution in [3.63, 3.8) is 0 Å². The fourth-order valence-corrected chi connectivity index (χ4v) is 3.31. The van der Waals surface area contributed by atoms with Crippen LogP contribution in [-0.2, 0) is 6.54 Å². The predicted molar refractivity (Wildman–Crippen MR) is 107 cm³/mol. The van der Waals surface area contributed by atoms with Crippen molar-refractivity contribution in [2.75, 3.05) is 24.5 Å². The standard InChI is InChI=1S/C20H25ClN4O2/c21-17-8-6-15(7-9-17)18(26)14-24-20(27)23-13-16-5-4-10-22-19(16)25-11-2-1-3-12-25/h4-10,18,26H,1-3,11-14H2,(H2,23,24,27). The number of carbonyl (C=O) groups is 1. The summed E-state index contributed by atoms with van der Waals surface area (Å²) in [5.41, 5.74) is 1.70. The van der Waals surface area contributed by atoms with Crippen LogP contribution >= 0.6 is 11.6 Å². The molecule has 2 amide bonds. The summed E-state index contributed by atoms with van der Waals surface area (Å²) in [6.45, 7) is 2.52. The van der Waals surface area contributed by atoms with E-state index in [1.165, 1.54) is 19.3 Å². The molecule has 1 saturated heterocycles. The summed E-state index contributed by atoms with van der Waals surface area (Å²) >= 11 is 5.84. The lowest BCUT2D eigenvalue weighted by Gasteiger charge is -2.29. The van der Waals surface area contributed by atoms with E-state index < -0.39 is 6.10 Å². The molecule has 27 heavy (non-hydrogen) atoms. The fraction of sp³-hybridized carbons (Fsp3) is 0.400. The Morgan fingerprint density at radius 2 is 1.89 bits per heavy atom. The van der Waals surface area contributed by atoms with E-state index in [1.54, 1.807) is 30.5 Å². The molecule has 144 valence electrons. The Balaban J connectivity index is 1.50. The number of piperidine rings is 1. The van der Waals surface area contributed by atoms with Crippen LogP contribution in [0.2, 0.25) is 5.02 Å². The predicted octanol–water partition coefficient (Wildman–Crippen LogP) is 3.26. The number of pyridine rings is 1. The van der Waals surface area contributed by atoms with E-state index in [0.717, 1.165) is 24.5 Å². The second-order valence-corrected chi connectivity index (χ2v) is 7.10. The number of aromatic nitrogens is 1. The molecule has 1 unspecified atom stereocenters. The van der Waals surface area contributed by atoms with Crippen molar-refractivity contribution in [3.8, 4) is 0 Å². The van der Waals surface area contributed by atoms with Crippen LogP contribution in [0.5, 0.6) is 0 Å². The van der Waals surface area contributed by atoms with E-state index in [0.29, 0.717) is 17.1 Å². The summed E-state index contributed by atoms with van der Waals surface area (Å²) in [5.74, 6) is 0.943. The molecule has 0 saturated carbocycles. The maximum Gasteiger partial charge on any atom is 0.315 e. The number of halogens is 1. The van der Waals surface area contributed by atoms with Gasteiger partial charge in [0.1, 0.15) is 5.82 Å². The van der Waals surface area contributed by atoms with Gasteiger partial charge in [0.2, 0.25) is 0 Å². The van der Waals surface area contributed by atoms with Crippen molar-refractivity contribution in [2.24, 2.45) is 0 Å². The molecular formula is C20H25ClN4O2. The van der Waals surface area contributed by atoms with Gasteiger partial charge in [-0.05, 0) is 43.0 Å². The number of carbonyl (C=O) groups excluding carboxylic acids is 1. The third-order valence-corrected chi connectivity index (χ3v) is 4.93. The van der Waals surface area contributed by atoms with E-state index in [4.69, 9.17) is 11.6 Å². The zero-order valence-electron chi connectivity index (χ0n) is 15.2. The highest BCUT2D eigenvalue weighted by atomic mass is 35.5. The topological polar surface area (TPSA) is 77.5 Å². The third kappa shape index (κ3) is 5.58. The van der Waals surface area contributed by atoms with Gasteiger partial charge in [-0.1, -0.05) is 29.8 Å². The zero-order valence-corrected chi connectivity index (χ0v) is 16.0. The van der Waals surface area contributed by atoms with Crippen molar-refractivity contribution in [1.82, 2.24) is 15.6 Å². The van der Waals surface area contributed by atoms with E-state index in [-0.39, 0.29) is 12.6 Å². The number of nitrogens with zero attached hydrogens (tertiary/aromatic N) is 2. The molecule has 0 aliphatic carbocycles. The third-order valence-electron chi connectivity index (χ3n) is 4.67. The van der Waals surface area contributed by atoms with Gasteiger partial charge in [0.15, 0.2) is 0 Å². The molecule has 7 heteroatoms. The number of aliphatic hydroxyl groups excluding tert-OH is 1. The molecule has 3 N–H and O–H groups in total. The molecule has 1 aromatic heterocycles. The molecular weight excluding hydrogens is 364 g/mol. The SMILES string of the molecule is O=C(NCc1cccnc1N1CCCCC1)NCC(O)c1ccc(Cl)cc1. The van der Waals surface area contributed by atoms with E-state index in [9.17, 15) is 9.90 Å². The molecule has 0 spiro atoms. The van der Waals surface area contributed by atoms with E-state index in [2.05, 4.69) is 20.5 Å². The number of hydrogen-bond donors (Lipinski definition) is 3. The first-order valence-corrected chi connectivity index (χ1v) is 9.65. The normalized spacial score (nSPS) is 15.3. The van der Waals surface area contributed by atoms with Gasteiger partial charge in [0.05, 0.1) is 6.10 Å². The number of nitrogens with one attached hydrogen (secondary N) is 2. The van der Waals surface area contributed by atoms with Gasteiger partial charge in [-0.15, -0.1) is 0 Å². The van der Waals surface area contributed by atoms with E-state index >= 15 is 0 Å². The Kier molecular flexibility index (Phi) is 6.90. The van der Waals surface area contributed by atoms with Gasteiger partial charge in [-0.2, -0.15) is 0 Å². The number of urea groups is 1. The molecule has 1 atom stereocenters. The minimum absolute atomic E-state index is 0.124. The van der Waals surface area contributed by atoms with Crippen LogP contribution in [0.25, 0.3) is 0 Å². The van der Waals surface area contributed by atoms with Gasteiger partial charge >= 0.3 is 6.03 Å². The highest BCUT2D eigenvalue weighted by Crippen LogP contribution is 2.21. The maximum absolute atomic E-state index is 12.1. The number of hydrogen-bond acceptors (Lipinski definition) is 4. The van der Waals surface area contributed by atoms with Crippen molar-refractivity contribution in [1.29, 1.82) is 0 Å². The molecule has 6 nitrogen and oxygen atoms in total. The van der Waals surface area contributed by atoms with Crippen LogP contribution in [0.3, 0.4) is 0 Å². The Bertz CT molecular complexity index is 748. The maximum atomic E-state index is 12.1. The molecule has 1 aliphatic heterocycles. The zero-order chi connectivity index (χ0) is 19.1. The Hall–Kier alpha value is -2.31. The summed E-state index contributed by atoms with van der Waals surface area (Å²) < 4.78 is 0. The summed E-state index contributed by atoms with van der Waals surface area (Å²) in [6, 6.07) is 10.5. The number of rotatable bonds is 6. The minimum atomic E-state index is -0.782.